The van der Waals surface area contributed by atoms with E-state index in [4.69, 9.17) is 4.98 Å². The van der Waals surface area contributed by atoms with Gasteiger partial charge >= 0.3 is 0 Å². The van der Waals surface area contributed by atoms with Crippen molar-refractivity contribution >= 4 is 38.8 Å². The van der Waals surface area contributed by atoms with Crippen LogP contribution in [0.5, 0.6) is 0 Å². The molecule has 0 aliphatic carbocycles. The summed E-state index contributed by atoms with van der Waals surface area (Å²) in [6.07, 6.45) is 2.05. The fraction of sp³-hybridized carbons (Fsp3) is 0.333. The molecule has 1 saturated heterocycles. The Bertz CT molecular complexity index is 1020. The zero-order valence-corrected chi connectivity index (χ0v) is 17.0. The number of amides is 1. The van der Waals surface area contributed by atoms with Crippen LogP contribution in [0.4, 0.5) is 11.4 Å². The first-order chi connectivity index (χ1) is 14.0. The highest BCUT2D eigenvalue weighted by Gasteiger charge is 2.27. The lowest BCUT2D eigenvalue weighted by Gasteiger charge is -2.27. The quantitative estimate of drug-likeness (QED) is 0.499. The van der Waals surface area contributed by atoms with E-state index in [1.807, 2.05) is 12.1 Å². The first-order valence-corrected chi connectivity index (χ1v) is 10.5. The average molecular weight is 412 g/mol. The van der Waals surface area contributed by atoms with Gasteiger partial charge in [-0.25, -0.2) is 4.98 Å². The number of piperidine rings is 1. The summed E-state index contributed by atoms with van der Waals surface area (Å²) in [5.41, 5.74) is 2.42. The highest BCUT2D eigenvalue weighted by molar-refractivity contribution is 7.18. The number of hydrogen-bond acceptors (Lipinski definition) is 5. The van der Waals surface area contributed by atoms with Crippen LogP contribution in [-0.2, 0) is 4.79 Å². The lowest BCUT2D eigenvalue weighted by molar-refractivity contribution is -0.897. The summed E-state index contributed by atoms with van der Waals surface area (Å²) in [5, 5.41) is 14.9. The summed E-state index contributed by atoms with van der Waals surface area (Å²) in [5.74, 6) is 0.409. The first-order valence-electron chi connectivity index (χ1n) is 9.73. The van der Waals surface area contributed by atoms with Gasteiger partial charge in [0.25, 0.3) is 11.6 Å². The number of nitro benzene ring substituents is 1. The van der Waals surface area contributed by atoms with Crippen LogP contribution in [0.3, 0.4) is 0 Å². The van der Waals surface area contributed by atoms with E-state index in [1.165, 1.54) is 26.7 Å². The monoisotopic (exact) mass is 411 g/mol. The largest absolute Gasteiger partial charge is 0.327 e. The van der Waals surface area contributed by atoms with Crippen LogP contribution >= 0.6 is 11.3 Å². The van der Waals surface area contributed by atoms with Crippen LogP contribution in [0.15, 0.2) is 42.5 Å². The molecule has 1 aliphatic heterocycles. The highest BCUT2D eigenvalue weighted by Crippen LogP contribution is 2.31. The fourth-order valence-corrected chi connectivity index (χ4v) is 4.97. The maximum absolute atomic E-state index is 12.4. The van der Waals surface area contributed by atoms with E-state index >= 15 is 0 Å². The molecule has 2 heterocycles. The Hall–Kier alpha value is -2.84. The molecule has 0 bridgehead atoms. The van der Waals surface area contributed by atoms with E-state index in [0.29, 0.717) is 23.7 Å². The molecule has 0 spiro atoms. The third-order valence-electron chi connectivity index (χ3n) is 5.46. The number of aromatic nitrogens is 1. The van der Waals surface area contributed by atoms with Gasteiger partial charge in [-0.15, -0.1) is 11.3 Å². The number of benzene rings is 2. The lowest BCUT2D eigenvalue weighted by atomic mass is 9.97. The smallest absolute Gasteiger partial charge is 0.279 e. The standard InChI is InChI=1S/C21H22N4O3S/c1-14-12-16(25(27)28)6-7-17(14)22-20(26)13-24-10-8-15(9-11-24)21-23-18-4-2-3-5-19(18)29-21/h2-7,12,15H,8-11,13H2,1H3,(H,22,26)/p+1. The van der Waals surface area contributed by atoms with Crippen molar-refractivity contribution in [3.63, 3.8) is 0 Å². The van der Waals surface area contributed by atoms with Crippen molar-refractivity contribution in [2.75, 3.05) is 25.0 Å². The Kier molecular flexibility index (Phi) is 5.55. The van der Waals surface area contributed by atoms with Crippen LogP contribution in [0.2, 0.25) is 0 Å². The Balaban J connectivity index is 1.31. The maximum atomic E-state index is 12.4. The van der Waals surface area contributed by atoms with E-state index in [1.54, 1.807) is 24.3 Å². The molecule has 0 saturated carbocycles. The number of thiazole rings is 1. The SMILES string of the molecule is Cc1cc([N+](=O)[O-])ccc1NC(=O)C[NH+]1CCC(c2nc3ccccc3s2)CC1. The zero-order chi connectivity index (χ0) is 20.4. The number of para-hydroxylation sites is 1. The third kappa shape index (κ3) is 4.44. The fourth-order valence-electron chi connectivity index (χ4n) is 3.84. The Morgan fingerprint density at radius 2 is 2.03 bits per heavy atom. The van der Waals surface area contributed by atoms with Crippen molar-refractivity contribution in [2.24, 2.45) is 0 Å². The molecule has 1 aromatic heterocycles. The number of likely N-dealkylation sites (tertiary alicyclic amines) is 1. The van der Waals surface area contributed by atoms with Crippen molar-refractivity contribution in [3.05, 3.63) is 63.1 Å². The minimum absolute atomic E-state index is 0.0306. The second-order valence-electron chi connectivity index (χ2n) is 7.53. The van der Waals surface area contributed by atoms with Gasteiger partial charge in [0.15, 0.2) is 6.54 Å². The van der Waals surface area contributed by atoms with Gasteiger partial charge < -0.3 is 10.2 Å². The highest BCUT2D eigenvalue weighted by atomic mass is 32.1. The molecule has 1 aliphatic rings. The van der Waals surface area contributed by atoms with E-state index in [0.717, 1.165) is 31.4 Å². The topological polar surface area (TPSA) is 89.6 Å². The predicted molar refractivity (Wildman–Crippen MR) is 114 cm³/mol. The van der Waals surface area contributed by atoms with Crippen LogP contribution in [-0.4, -0.2) is 35.4 Å². The van der Waals surface area contributed by atoms with Gasteiger partial charge in [-0.3, -0.25) is 14.9 Å². The molecule has 7 nitrogen and oxygen atoms in total. The van der Waals surface area contributed by atoms with Crippen LogP contribution in [0.1, 0.15) is 29.3 Å². The van der Waals surface area contributed by atoms with Crippen molar-refractivity contribution in [1.29, 1.82) is 0 Å². The summed E-state index contributed by atoms with van der Waals surface area (Å²) in [7, 11) is 0. The number of hydrogen-bond donors (Lipinski definition) is 2. The second kappa shape index (κ2) is 8.26. The van der Waals surface area contributed by atoms with Gasteiger partial charge in [-0.2, -0.15) is 0 Å². The minimum atomic E-state index is -0.432. The molecule has 29 heavy (non-hydrogen) atoms. The Morgan fingerprint density at radius 1 is 1.28 bits per heavy atom. The normalized spacial score (nSPS) is 19.2. The average Bonchev–Trinajstić information content (AvgIpc) is 3.14. The van der Waals surface area contributed by atoms with Gasteiger partial charge in [-0.1, -0.05) is 12.1 Å². The third-order valence-corrected chi connectivity index (χ3v) is 6.66. The number of nitrogens with one attached hydrogen (secondary N) is 2. The molecule has 150 valence electrons. The second-order valence-corrected chi connectivity index (χ2v) is 8.59. The molecule has 2 N–H and O–H groups in total. The number of fused-ring (bicyclic) bond motifs is 1. The summed E-state index contributed by atoms with van der Waals surface area (Å²) in [6, 6.07) is 12.7. The summed E-state index contributed by atoms with van der Waals surface area (Å²) >= 11 is 1.78. The molecule has 4 rings (SSSR count). The molecule has 0 unspecified atom stereocenters. The number of quaternary nitrogens is 1. The number of nitro groups is 1. The van der Waals surface area contributed by atoms with Crippen molar-refractivity contribution in [2.45, 2.75) is 25.7 Å². The van der Waals surface area contributed by atoms with Crippen molar-refractivity contribution < 1.29 is 14.6 Å². The van der Waals surface area contributed by atoms with E-state index in [2.05, 4.69) is 17.4 Å². The van der Waals surface area contributed by atoms with Crippen molar-refractivity contribution in [3.8, 4) is 0 Å². The molecule has 1 fully saturated rings. The van der Waals surface area contributed by atoms with Crippen LogP contribution in [0.25, 0.3) is 10.2 Å². The summed E-state index contributed by atoms with van der Waals surface area (Å²) in [6.45, 7) is 4.04. The summed E-state index contributed by atoms with van der Waals surface area (Å²) in [4.78, 5) is 28.9. The number of rotatable bonds is 5. The van der Waals surface area contributed by atoms with Crippen molar-refractivity contribution in [1.82, 2.24) is 4.98 Å². The Morgan fingerprint density at radius 3 is 2.72 bits per heavy atom. The number of nitrogens with zero attached hydrogens (tertiary/aromatic N) is 2. The molecule has 8 heteroatoms. The first kappa shape index (κ1) is 19.5. The van der Waals surface area contributed by atoms with E-state index in [9.17, 15) is 14.9 Å². The van der Waals surface area contributed by atoms with E-state index < -0.39 is 4.92 Å². The van der Waals surface area contributed by atoms with Gasteiger partial charge in [0.1, 0.15) is 0 Å². The number of aryl methyl sites for hydroxylation is 1. The van der Waals surface area contributed by atoms with Gasteiger partial charge in [-0.05, 0) is 30.7 Å². The van der Waals surface area contributed by atoms with Gasteiger partial charge in [0, 0.05) is 36.6 Å². The molecule has 1 amide bonds. The molecule has 3 aromatic rings. The number of anilines is 1. The molecule has 0 radical (unpaired) electrons. The Labute approximate surface area is 172 Å². The van der Waals surface area contributed by atoms with Gasteiger partial charge in [0.2, 0.25) is 0 Å². The lowest BCUT2D eigenvalue weighted by Crippen LogP contribution is -3.14. The van der Waals surface area contributed by atoms with Crippen LogP contribution < -0.4 is 10.2 Å². The molecular weight excluding hydrogens is 388 g/mol. The summed E-state index contributed by atoms with van der Waals surface area (Å²) < 4.78 is 1.23. The minimum Gasteiger partial charge on any atom is -0.327 e. The maximum Gasteiger partial charge on any atom is 0.279 e. The number of non-ortho nitro benzene ring substituents is 1. The van der Waals surface area contributed by atoms with E-state index in [-0.39, 0.29) is 11.6 Å². The van der Waals surface area contributed by atoms with Crippen LogP contribution in [0, 0.1) is 17.0 Å². The molecular formula is C21H23N4O3S+. The zero-order valence-electron chi connectivity index (χ0n) is 16.2. The van der Waals surface area contributed by atoms with Gasteiger partial charge in [0.05, 0.1) is 33.2 Å². The number of carbonyl (C=O) groups excluding carboxylic acids is 1. The number of carbonyl (C=O) groups is 1. The molecule has 0 atom stereocenters. The predicted octanol–water partition coefficient (Wildman–Crippen LogP) is 2.91. The molecule has 2 aromatic carbocycles.